The van der Waals surface area contributed by atoms with Crippen molar-refractivity contribution in [3.63, 3.8) is 0 Å². The van der Waals surface area contributed by atoms with Crippen molar-refractivity contribution in [2.24, 2.45) is 0 Å². The van der Waals surface area contributed by atoms with E-state index in [-0.39, 0.29) is 19.4 Å². The molecule has 9 heteroatoms. The van der Waals surface area contributed by atoms with Gasteiger partial charge in [-0.05, 0) is 51.4 Å². The molecule has 8 nitrogen and oxygen atoms in total. The summed E-state index contributed by atoms with van der Waals surface area (Å²) in [4.78, 5) is 43.0. The van der Waals surface area contributed by atoms with E-state index in [0.29, 0.717) is 6.42 Å². The Morgan fingerprint density at radius 3 is 1.25 bits per heavy atom. The molecule has 0 heterocycles. The molecule has 0 saturated carbocycles. The lowest BCUT2D eigenvalue weighted by atomic mass is 10.0. The van der Waals surface area contributed by atoms with Gasteiger partial charge in [0, 0.05) is 12.8 Å². The summed E-state index contributed by atoms with van der Waals surface area (Å²) in [7, 11) is -4.77. The van der Waals surface area contributed by atoms with Crippen LogP contribution in [-0.4, -0.2) is 41.0 Å². The van der Waals surface area contributed by atoms with Gasteiger partial charge in [-0.1, -0.05) is 210 Å². The fourth-order valence-corrected chi connectivity index (χ4v) is 6.96. The predicted molar refractivity (Wildman–Crippen MR) is 239 cm³/mol. The molecular formula is C48H87O8P. The molecule has 0 saturated heterocycles. The van der Waals surface area contributed by atoms with Gasteiger partial charge in [-0.15, -0.1) is 0 Å². The number of unbranched alkanes of at least 4 members (excludes halogenated alkanes) is 25. The third-order valence-corrected chi connectivity index (χ3v) is 10.6. The minimum atomic E-state index is -4.77. The zero-order valence-electron chi connectivity index (χ0n) is 36.7. The molecule has 0 aromatic rings. The second-order valence-corrected chi connectivity index (χ2v) is 17.0. The van der Waals surface area contributed by atoms with Gasteiger partial charge in [-0.3, -0.25) is 14.1 Å². The number of rotatable bonds is 43. The molecule has 0 unspecified atom stereocenters. The number of esters is 2. The van der Waals surface area contributed by atoms with Crippen LogP contribution in [0.2, 0.25) is 0 Å². The van der Waals surface area contributed by atoms with E-state index in [4.69, 9.17) is 19.3 Å². The van der Waals surface area contributed by atoms with Crippen molar-refractivity contribution in [3.8, 4) is 0 Å². The number of phosphoric acid groups is 1. The molecule has 332 valence electrons. The largest absolute Gasteiger partial charge is 0.469 e. The van der Waals surface area contributed by atoms with Crippen LogP contribution in [0.15, 0.2) is 48.6 Å². The monoisotopic (exact) mass is 823 g/mol. The van der Waals surface area contributed by atoms with Gasteiger partial charge in [0.15, 0.2) is 6.10 Å². The molecule has 1 atom stereocenters. The highest BCUT2D eigenvalue weighted by atomic mass is 31.2. The standard InChI is InChI=1S/C48H87O8P/c1-3-5-7-9-11-13-15-17-19-21-22-23-24-25-27-28-30-32-34-36-38-40-42-47(49)54-44-46(45-55-57(51,52)53)56-48(50)43-41-39-37-35-33-31-29-26-20-18-16-14-12-10-8-6-4-2/h8,10,14,16,20,26,31,33,46H,3-7,9,11-13,15,17-19,21-25,27-30,32,34-45H2,1-2H3,(H2,51,52,53)/b10-8+,16-14+,26-20+,33-31+/t46-/m1/s1. The Labute approximate surface area is 350 Å². The van der Waals surface area contributed by atoms with Crippen molar-refractivity contribution >= 4 is 19.8 Å². The second kappa shape index (κ2) is 43.6. The van der Waals surface area contributed by atoms with Crippen molar-refractivity contribution in [1.82, 2.24) is 0 Å². The zero-order valence-corrected chi connectivity index (χ0v) is 37.6. The number of ether oxygens (including phenoxy) is 2. The van der Waals surface area contributed by atoms with E-state index in [0.717, 1.165) is 64.2 Å². The Morgan fingerprint density at radius 2 is 0.825 bits per heavy atom. The van der Waals surface area contributed by atoms with E-state index < -0.39 is 32.5 Å². The maximum Gasteiger partial charge on any atom is 0.469 e. The number of allylic oxidation sites excluding steroid dienone is 8. The molecule has 0 spiro atoms. The van der Waals surface area contributed by atoms with Crippen molar-refractivity contribution in [2.45, 2.75) is 232 Å². The molecule has 0 aliphatic heterocycles. The predicted octanol–water partition coefficient (Wildman–Crippen LogP) is 14.7. The number of carbonyl (C=O) groups is 2. The average Bonchev–Trinajstić information content (AvgIpc) is 3.18. The Hall–Kier alpha value is -1.99. The third-order valence-electron chi connectivity index (χ3n) is 10.1. The summed E-state index contributed by atoms with van der Waals surface area (Å²) in [6.07, 6.45) is 54.1. The highest BCUT2D eigenvalue weighted by Gasteiger charge is 2.22. The number of hydrogen-bond donors (Lipinski definition) is 2. The highest BCUT2D eigenvalue weighted by Crippen LogP contribution is 2.36. The summed E-state index contributed by atoms with van der Waals surface area (Å²) in [5, 5.41) is 0. The summed E-state index contributed by atoms with van der Waals surface area (Å²) in [5.74, 6) is -0.914. The van der Waals surface area contributed by atoms with E-state index in [1.807, 2.05) is 0 Å². The fourth-order valence-electron chi connectivity index (χ4n) is 6.60. The van der Waals surface area contributed by atoms with Gasteiger partial charge in [0.05, 0.1) is 6.61 Å². The smallest absolute Gasteiger partial charge is 0.462 e. The van der Waals surface area contributed by atoms with Gasteiger partial charge in [0.25, 0.3) is 0 Å². The summed E-state index contributed by atoms with van der Waals surface area (Å²) < 4.78 is 26.4. The van der Waals surface area contributed by atoms with E-state index in [1.54, 1.807) is 0 Å². The van der Waals surface area contributed by atoms with Crippen LogP contribution in [0.4, 0.5) is 0 Å². The number of phosphoric ester groups is 1. The first-order valence-corrected chi connectivity index (χ1v) is 25.0. The van der Waals surface area contributed by atoms with Crippen LogP contribution in [-0.2, 0) is 28.2 Å². The molecule has 0 radical (unpaired) electrons. The van der Waals surface area contributed by atoms with E-state index >= 15 is 0 Å². The second-order valence-electron chi connectivity index (χ2n) is 15.7. The lowest BCUT2D eigenvalue weighted by Crippen LogP contribution is -2.29. The number of hydrogen-bond acceptors (Lipinski definition) is 6. The molecular weight excluding hydrogens is 735 g/mol. The van der Waals surface area contributed by atoms with Crippen LogP contribution in [0.25, 0.3) is 0 Å². The minimum Gasteiger partial charge on any atom is -0.462 e. The molecule has 0 aromatic heterocycles. The summed E-state index contributed by atoms with van der Waals surface area (Å²) in [6, 6.07) is 0. The molecule has 0 fully saturated rings. The minimum absolute atomic E-state index is 0.175. The molecule has 57 heavy (non-hydrogen) atoms. The summed E-state index contributed by atoms with van der Waals surface area (Å²) in [5.41, 5.74) is 0. The Balaban J connectivity index is 3.87. The topological polar surface area (TPSA) is 119 Å². The summed E-state index contributed by atoms with van der Waals surface area (Å²) >= 11 is 0. The van der Waals surface area contributed by atoms with Gasteiger partial charge in [0.1, 0.15) is 6.61 Å². The Kier molecular flexibility index (Phi) is 42.1. The molecule has 0 aliphatic carbocycles. The molecule has 0 amide bonds. The van der Waals surface area contributed by atoms with Gasteiger partial charge < -0.3 is 19.3 Å². The normalized spacial score (nSPS) is 12.8. The SMILES string of the molecule is CCC/C=C/C/C=C/C/C=C/C/C=C/CCCCCC(=O)O[C@H](COC(=O)CCCCCCCCCCCCCCCCCCCCCCCC)COP(=O)(O)O. The van der Waals surface area contributed by atoms with Crippen LogP contribution in [0.1, 0.15) is 226 Å². The van der Waals surface area contributed by atoms with Gasteiger partial charge in [-0.25, -0.2) is 4.57 Å². The molecule has 0 aliphatic rings. The maximum atomic E-state index is 12.4. The molecule has 2 N–H and O–H groups in total. The fraction of sp³-hybridized carbons (Fsp3) is 0.792. The van der Waals surface area contributed by atoms with Gasteiger partial charge in [-0.2, -0.15) is 0 Å². The molecule has 0 bridgehead atoms. The zero-order chi connectivity index (χ0) is 41.8. The van der Waals surface area contributed by atoms with Gasteiger partial charge >= 0.3 is 19.8 Å². The van der Waals surface area contributed by atoms with Gasteiger partial charge in [0.2, 0.25) is 0 Å². The third kappa shape index (κ3) is 46.6. The lowest BCUT2D eigenvalue weighted by Gasteiger charge is -2.18. The van der Waals surface area contributed by atoms with E-state index in [1.165, 1.54) is 128 Å². The van der Waals surface area contributed by atoms with Crippen LogP contribution in [0, 0.1) is 0 Å². The molecule has 0 aromatic carbocycles. The Bertz CT molecular complexity index is 1060. The van der Waals surface area contributed by atoms with Crippen molar-refractivity contribution in [3.05, 3.63) is 48.6 Å². The molecule has 0 rings (SSSR count). The average molecular weight is 823 g/mol. The van der Waals surface area contributed by atoms with Crippen LogP contribution in [0.3, 0.4) is 0 Å². The number of carbonyl (C=O) groups excluding carboxylic acids is 2. The Morgan fingerprint density at radius 1 is 0.456 bits per heavy atom. The van der Waals surface area contributed by atoms with Crippen molar-refractivity contribution < 1.29 is 37.9 Å². The van der Waals surface area contributed by atoms with E-state index in [9.17, 15) is 14.2 Å². The highest BCUT2D eigenvalue weighted by molar-refractivity contribution is 7.46. The first-order valence-electron chi connectivity index (χ1n) is 23.4. The summed E-state index contributed by atoms with van der Waals surface area (Å²) in [6.45, 7) is 3.62. The lowest BCUT2D eigenvalue weighted by molar-refractivity contribution is -0.161. The first kappa shape index (κ1) is 55.0. The first-order chi connectivity index (χ1) is 27.8. The van der Waals surface area contributed by atoms with Crippen LogP contribution < -0.4 is 0 Å². The van der Waals surface area contributed by atoms with Crippen molar-refractivity contribution in [1.29, 1.82) is 0 Å². The van der Waals surface area contributed by atoms with Crippen LogP contribution >= 0.6 is 7.82 Å². The van der Waals surface area contributed by atoms with Crippen molar-refractivity contribution in [2.75, 3.05) is 13.2 Å². The van der Waals surface area contributed by atoms with Crippen LogP contribution in [0.5, 0.6) is 0 Å². The maximum absolute atomic E-state index is 12.4. The van der Waals surface area contributed by atoms with E-state index in [2.05, 4.69) is 67.0 Å². The quantitative estimate of drug-likeness (QED) is 0.0270.